The minimum absolute atomic E-state index is 0.217. The molecule has 3 N–H and O–H groups in total. The fourth-order valence-corrected chi connectivity index (χ4v) is 2.28. The summed E-state index contributed by atoms with van der Waals surface area (Å²) in [5.41, 5.74) is 7.12. The molecule has 0 saturated heterocycles. The zero-order valence-electron chi connectivity index (χ0n) is 9.58. The smallest absolute Gasteiger partial charge is 0.146 e. The first-order valence-corrected chi connectivity index (χ1v) is 6.87. The van der Waals surface area contributed by atoms with Crippen molar-refractivity contribution in [1.82, 2.24) is 0 Å². The van der Waals surface area contributed by atoms with Crippen molar-refractivity contribution in [3.05, 3.63) is 57.3 Å². The first-order chi connectivity index (χ1) is 8.97. The highest BCUT2D eigenvalue weighted by Gasteiger charge is 2.09. The van der Waals surface area contributed by atoms with Crippen LogP contribution in [0.4, 0.5) is 15.8 Å². The molecule has 2 aromatic carbocycles. The van der Waals surface area contributed by atoms with Gasteiger partial charge >= 0.3 is 0 Å². The molecule has 0 unspecified atom stereocenters. The predicted molar refractivity (Wildman–Crippen MR) is 84.7 cm³/mol. The number of hydrogen-bond acceptors (Lipinski definition) is 2. The Morgan fingerprint density at radius 1 is 1.21 bits per heavy atom. The Kier molecular flexibility index (Phi) is 4.39. The highest BCUT2D eigenvalue weighted by Crippen LogP contribution is 2.28. The van der Waals surface area contributed by atoms with Crippen LogP contribution in [0.1, 0.15) is 5.56 Å². The van der Waals surface area contributed by atoms with Gasteiger partial charge in [-0.1, -0.05) is 39.7 Å². The molecule has 0 fully saturated rings. The number of thiocarbonyl (C=S) groups is 1. The summed E-state index contributed by atoms with van der Waals surface area (Å²) in [6, 6.07) is 9.63. The molecular formula is C13H9BrClFN2S. The Morgan fingerprint density at radius 3 is 2.63 bits per heavy atom. The Hall–Kier alpha value is -1.17. The van der Waals surface area contributed by atoms with Gasteiger partial charge in [0, 0.05) is 15.1 Å². The van der Waals surface area contributed by atoms with Crippen molar-refractivity contribution in [1.29, 1.82) is 0 Å². The third-order valence-corrected chi connectivity index (χ3v) is 3.39. The molecule has 0 bridgehead atoms. The van der Waals surface area contributed by atoms with E-state index in [2.05, 4.69) is 21.2 Å². The molecule has 0 aliphatic heterocycles. The fraction of sp³-hybridized carbons (Fsp3) is 0. The van der Waals surface area contributed by atoms with Gasteiger partial charge in [-0.25, -0.2) is 4.39 Å². The van der Waals surface area contributed by atoms with Gasteiger partial charge in [0.15, 0.2) is 0 Å². The number of nitrogens with one attached hydrogen (secondary N) is 1. The Morgan fingerprint density at radius 2 is 1.95 bits per heavy atom. The highest BCUT2D eigenvalue weighted by molar-refractivity contribution is 9.10. The van der Waals surface area contributed by atoms with Crippen molar-refractivity contribution in [2.24, 2.45) is 5.73 Å². The van der Waals surface area contributed by atoms with Crippen LogP contribution in [0.5, 0.6) is 0 Å². The van der Waals surface area contributed by atoms with Crippen molar-refractivity contribution < 1.29 is 4.39 Å². The molecule has 0 aliphatic rings. The van der Waals surface area contributed by atoms with Crippen LogP contribution in [-0.4, -0.2) is 4.99 Å². The van der Waals surface area contributed by atoms with Gasteiger partial charge in [0.05, 0.1) is 11.4 Å². The second-order valence-electron chi connectivity index (χ2n) is 3.80. The van der Waals surface area contributed by atoms with Crippen LogP contribution in [0, 0.1) is 5.82 Å². The number of rotatable bonds is 3. The molecule has 2 nitrogen and oxygen atoms in total. The quantitative estimate of drug-likeness (QED) is 0.785. The van der Waals surface area contributed by atoms with Crippen LogP contribution in [-0.2, 0) is 0 Å². The number of halogens is 3. The average Bonchev–Trinajstić information content (AvgIpc) is 2.33. The lowest BCUT2D eigenvalue weighted by Crippen LogP contribution is -2.12. The van der Waals surface area contributed by atoms with Crippen molar-refractivity contribution in [2.45, 2.75) is 0 Å². The van der Waals surface area contributed by atoms with E-state index in [-0.39, 0.29) is 10.8 Å². The molecule has 19 heavy (non-hydrogen) atoms. The number of benzene rings is 2. The van der Waals surface area contributed by atoms with E-state index in [4.69, 9.17) is 29.6 Å². The van der Waals surface area contributed by atoms with Gasteiger partial charge in [0.1, 0.15) is 10.8 Å². The number of nitrogens with two attached hydrogens (primary N) is 1. The summed E-state index contributed by atoms with van der Waals surface area (Å²) in [5, 5.41) is 3.46. The molecule has 0 saturated carbocycles. The molecule has 98 valence electrons. The van der Waals surface area contributed by atoms with E-state index in [1.807, 2.05) is 0 Å². The molecule has 0 heterocycles. The molecule has 0 spiro atoms. The molecule has 2 rings (SSSR count). The van der Waals surface area contributed by atoms with E-state index in [0.29, 0.717) is 22.0 Å². The Labute approximate surface area is 128 Å². The van der Waals surface area contributed by atoms with E-state index in [9.17, 15) is 4.39 Å². The van der Waals surface area contributed by atoms with E-state index in [1.54, 1.807) is 30.3 Å². The lowest BCUT2D eigenvalue weighted by atomic mass is 10.1. The number of hydrogen-bond donors (Lipinski definition) is 2. The standard InChI is InChI=1S/C13H9BrClFN2S/c14-7-1-4-10(16)12(5-7)18-11-6-8(15)2-3-9(11)13(17)19/h1-6,18H,(H2,17,19). The van der Waals surface area contributed by atoms with Crippen molar-refractivity contribution in [2.75, 3.05) is 5.32 Å². The van der Waals surface area contributed by atoms with E-state index >= 15 is 0 Å². The predicted octanol–water partition coefficient (Wildman–Crippen LogP) is 4.62. The average molecular weight is 360 g/mol. The normalized spacial score (nSPS) is 10.3. The minimum atomic E-state index is -0.378. The Bertz CT molecular complexity index is 649. The van der Waals surface area contributed by atoms with E-state index < -0.39 is 0 Å². The lowest BCUT2D eigenvalue weighted by molar-refractivity contribution is 0.631. The monoisotopic (exact) mass is 358 g/mol. The van der Waals surface area contributed by atoms with E-state index in [0.717, 1.165) is 4.47 Å². The molecule has 0 aromatic heterocycles. The summed E-state index contributed by atoms with van der Waals surface area (Å²) in [7, 11) is 0. The summed E-state index contributed by atoms with van der Waals surface area (Å²) in [5.74, 6) is -0.378. The van der Waals surface area contributed by atoms with Gasteiger partial charge in [-0.2, -0.15) is 0 Å². The molecule has 0 radical (unpaired) electrons. The third-order valence-electron chi connectivity index (χ3n) is 2.44. The summed E-state index contributed by atoms with van der Waals surface area (Å²) in [6.45, 7) is 0. The maximum atomic E-state index is 13.7. The maximum Gasteiger partial charge on any atom is 0.146 e. The van der Waals surface area contributed by atoms with Gasteiger partial charge in [-0.15, -0.1) is 0 Å². The minimum Gasteiger partial charge on any atom is -0.389 e. The second-order valence-corrected chi connectivity index (χ2v) is 5.60. The summed E-state index contributed by atoms with van der Waals surface area (Å²) < 4.78 is 14.5. The van der Waals surface area contributed by atoms with Crippen LogP contribution in [0.3, 0.4) is 0 Å². The largest absolute Gasteiger partial charge is 0.389 e. The lowest BCUT2D eigenvalue weighted by Gasteiger charge is -2.12. The third kappa shape index (κ3) is 3.43. The summed E-state index contributed by atoms with van der Waals surface area (Å²) >= 11 is 14.2. The first kappa shape index (κ1) is 14.2. The molecule has 2 aromatic rings. The van der Waals surface area contributed by atoms with Gasteiger partial charge < -0.3 is 11.1 Å². The fourth-order valence-electron chi connectivity index (χ4n) is 1.57. The first-order valence-electron chi connectivity index (χ1n) is 5.29. The Balaban J connectivity index is 2.45. The van der Waals surface area contributed by atoms with Crippen LogP contribution < -0.4 is 11.1 Å². The van der Waals surface area contributed by atoms with Crippen LogP contribution in [0.2, 0.25) is 5.02 Å². The zero-order chi connectivity index (χ0) is 14.0. The van der Waals surface area contributed by atoms with E-state index in [1.165, 1.54) is 6.07 Å². The van der Waals surface area contributed by atoms with Gasteiger partial charge in [-0.3, -0.25) is 0 Å². The van der Waals surface area contributed by atoms with Crippen molar-refractivity contribution in [3.8, 4) is 0 Å². The molecule has 6 heteroatoms. The topological polar surface area (TPSA) is 38.0 Å². The zero-order valence-corrected chi connectivity index (χ0v) is 12.7. The van der Waals surface area contributed by atoms with Crippen molar-refractivity contribution >= 4 is 56.1 Å². The summed E-state index contributed by atoms with van der Waals surface area (Å²) in [6.07, 6.45) is 0. The van der Waals surface area contributed by atoms with Crippen molar-refractivity contribution in [3.63, 3.8) is 0 Å². The van der Waals surface area contributed by atoms with Gasteiger partial charge in [0.25, 0.3) is 0 Å². The van der Waals surface area contributed by atoms with Crippen LogP contribution in [0.25, 0.3) is 0 Å². The molecule has 0 aliphatic carbocycles. The van der Waals surface area contributed by atoms with Gasteiger partial charge in [-0.05, 0) is 36.4 Å². The summed E-state index contributed by atoms with van der Waals surface area (Å²) in [4.78, 5) is 0.217. The second kappa shape index (κ2) is 5.86. The van der Waals surface area contributed by atoms with Crippen LogP contribution in [0.15, 0.2) is 40.9 Å². The molecule has 0 amide bonds. The molecular weight excluding hydrogens is 351 g/mol. The van der Waals surface area contributed by atoms with Gasteiger partial charge in [0.2, 0.25) is 0 Å². The number of anilines is 2. The maximum absolute atomic E-state index is 13.7. The molecule has 0 atom stereocenters. The van der Waals surface area contributed by atoms with Crippen LogP contribution >= 0.6 is 39.7 Å². The highest BCUT2D eigenvalue weighted by atomic mass is 79.9. The SMILES string of the molecule is NC(=S)c1ccc(Cl)cc1Nc1cc(Br)ccc1F.